The summed E-state index contributed by atoms with van der Waals surface area (Å²) in [6.45, 7) is 0.996. The molecule has 3 rings (SSSR count). The average Bonchev–Trinajstić information content (AvgIpc) is 3.15. The molecule has 2 aliphatic rings. The smallest absolute Gasteiger partial charge is 0.227 e. The standard InChI is InChI=1S/C18H26N2O3/c1-20(9-10-23-15-6-4-3-5-14(15)22-2)18(21)16-12-7-8-13(11-12)17(16)19/h3-6,12-13,16-17H,7-11,19H2,1-2H3/t12-,13-,16-,17+/m0/s1. The molecule has 2 N–H and O–H groups in total. The van der Waals surface area contributed by atoms with Crippen molar-refractivity contribution >= 4 is 5.91 Å². The number of hydrogen-bond acceptors (Lipinski definition) is 4. The van der Waals surface area contributed by atoms with Crippen molar-refractivity contribution in [2.24, 2.45) is 23.5 Å². The number of methoxy groups -OCH3 is 1. The SMILES string of the molecule is COc1ccccc1OCCN(C)C(=O)[C@H]1[C@H]2CC[C@@H](C2)[C@H]1N. The van der Waals surface area contributed by atoms with Gasteiger partial charge in [0.05, 0.1) is 19.6 Å². The maximum absolute atomic E-state index is 12.7. The Labute approximate surface area is 137 Å². The molecule has 5 nitrogen and oxygen atoms in total. The van der Waals surface area contributed by atoms with Crippen molar-refractivity contribution in [3.05, 3.63) is 24.3 Å². The summed E-state index contributed by atoms with van der Waals surface area (Å²) in [4.78, 5) is 14.4. The highest BCUT2D eigenvalue weighted by Gasteiger charge is 2.49. The molecule has 0 saturated heterocycles. The third-order valence-electron chi connectivity index (χ3n) is 5.40. The minimum atomic E-state index is 0.00464. The molecule has 2 fully saturated rings. The Bertz CT molecular complexity index is 561. The van der Waals surface area contributed by atoms with E-state index in [0.29, 0.717) is 36.5 Å². The second-order valence-electron chi connectivity index (χ2n) is 6.70. The number of benzene rings is 1. The molecule has 0 unspecified atom stereocenters. The minimum absolute atomic E-state index is 0.00464. The van der Waals surface area contributed by atoms with Gasteiger partial charge in [-0.2, -0.15) is 0 Å². The van der Waals surface area contributed by atoms with E-state index < -0.39 is 0 Å². The van der Waals surface area contributed by atoms with Gasteiger partial charge in [0.2, 0.25) is 5.91 Å². The number of amides is 1. The molecular weight excluding hydrogens is 292 g/mol. The number of rotatable bonds is 6. The van der Waals surface area contributed by atoms with E-state index in [4.69, 9.17) is 15.2 Å². The maximum atomic E-state index is 12.7. The third kappa shape index (κ3) is 3.15. The Morgan fingerprint density at radius 3 is 2.61 bits per heavy atom. The molecule has 4 atom stereocenters. The molecule has 2 saturated carbocycles. The van der Waals surface area contributed by atoms with Crippen molar-refractivity contribution < 1.29 is 14.3 Å². The van der Waals surface area contributed by atoms with E-state index in [1.54, 1.807) is 12.0 Å². The first-order chi connectivity index (χ1) is 11.1. The van der Waals surface area contributed by atoms with Gasteiger partial charge in [-0.05, 0) is 43.2 Å². The molecule has 0 spiro atoms. The molecule has 0 heterocycles. The molecule has 0 aliphatic heterocycles. The zero-order chi connectivity index (χ0) is 16.4. The van der Waals surface area contributed by atoms with Gasteiger partial charge in [0.1, 0.15) is 6.61 Å². The van der Waals surface area contributed by atoms with Gasteiger partial charge < -0.3 is 20.1 Å². The molecule has 23 heavy (non-hydrogen) atoms. The predicted octanol–water partition coefficient (Wildman–Crippen LogP) is 1.91. The first kappa shape index (κ1) is 16.1. The minimum Gasteiger partial charge on any atom is -0.493 e. The monoisotopic (exact) mass is 318 g/mol. The van der Waals surface area contributed by atoms with Crippen molar-refractivity contribution in [1.82, 2.24) is 4.90 Å². The first-order valence-corrected chi connectivity index (χ1v) is 8.38. The van der Waals surface area contributed by atoms with Crippen molar-refractivity contribution in [3.8, 4) is 11.5 Å². The van der Waals surface area contributed by atoms with E-state index in [9.17, 15) is 4.79 Å². The number of nitrogens with zero attached hydrogens (tertiary/aromatic N) is 1. The van der Waals surface area contributed by atoms with Gasteiger partial charge in [-0.3, -0.25) is 4.79 Å². The third-order valence-corrected chi connectivity index (χ3v) is 5.40. The Hall–Kier alpha value is -1.75. The van der Waals surface area contributed by atoms with Gasteiger partial charge in [-0.15, -0.1) is 0 Å². The van der Waals surface area contributed by atoms with Crippen LogP contribution in [0.25, 0.3) is 0 Å². The molecule has 5 heteroatoms. The van der Waals surface area contributed by atoms with Crippen LogP contribution in [0.15, 0.2) is 24.3 Å². The molecule has 2 bridgehead atoms. The first-order valence-electron chi connectivity index (χ1n) is 8.38. The maximum Gasteiger partial charge on any atom is 0.227 e. The summed E-state index contributed by atoms with van der Waals surface area (Å²) in [6.07, 6.45) is 3.47. The zero-order valence-corrected chi connectivity index (χ0v) is 13.9. The summed E-state index contributed by atoms with van der Waals surface area (Å²) in [5.74, 6) is 2.62. The van der Waals surface area contributed by atoms with E-state index in [-0.39, 0.29) is 17.9 Å². The van der Waals surface area contributed by atoms with Crippen molar-refractivity contribution in [3.63, 3.8) is 0 Å². The fraction of sp³-hybridized carbons (Fsp3) is 0.611. The van der Waals surface area contributed by atoms with E-state index in [0.717, 1.165) is 12.8 Å². The predicted molar refractivity (Wildman–Crippen MR) is 88.4 cm³/mol. The van der Waals surface area contributed by atoms with E-state index in [1.807, 2.05) is 31.3 Å². The molecule has 1 amide bonds. The number of ether oxygens (including phenoxy) is 2. The number of para-hydroxylation sites is 2. The van der Waals surface area contributed by atoms with Gasteiger partial charge in [0.15, 0.2) is 11.5 Å². The summed E-state index contributed by atoms with van der Waals surface area (Å²) in [6, 6.07) is 7.57. The molecule has 2 aliphatic carbocycles. The number of carbonyl (C=O) groups excluding carboxylic acids is 1. The van der Waals surface area contributed by atoms with Crippen molar-refractivity contribution in [2.75, 3.05) is 27.3 Å². The molecule has 126 valence electrons. The summed E-state index contributed by atoms with van der Waals surface area (Å²) in [5, 5.41) is 0. The van der Waals surface area contributed by atoms with Gasteiger partial charge >= 0.3 is 0 Å². The molecule has 0 aromatic heterocycles. The molecule has 1 aromatic carbocycles. The number of nitrogens with two attached hydrogens (primary N) is 1. The average molecular weight is 318 g/mol. The summed E-state index contributed by atoms with van der Waals surface area (Å²) in [5.41, 5.74) is 6.27. The van der Waals surface area contributed by atoms with Crippen LogP contribution in [0.5, 0.6) is 11.5 Å². The quantitative estimate of drug-likeness (QED) is 0.870. The van der Waals surface area contributed by atoms with Gasteiger partial charge in [-0.25, -0.2) is 0 Å². The van der Waals surface area contributed by atoms with E-state index in [2.05, 4.69) is 0 Å². The van der Waals surface area contributed by atoms with Crippen LogP contribution in [0.4, 0.5) is 0 Å². The van der Waals surface area contributed by atoms with Crippen LogP contribution in [0.3, 0.4) is 0 Å². The Kier molecular flexibility index (Phi) is 4.76. The lowest BCUT2D eigenvalue weighted by atomic mass is 9.84. The highest BCUT2D eigenvalue weighted by Crippen LogP contribution is 2.48. The highest BCUT2D eigenvalue weighted by atomic mass is 16.5. The summed E-state index contributed by atoms with van der Waals surface area (Å²) >= 11 is 0. The van der Waals surface area contributed by atoms with E-state index in [1.165, 1.54) is 6.42 Å². The summed E-state index contributed by atoms with van der Waals surface area (Å²) < 4.78 is 11.0. The number of fused-ring (bicyclic) bond motifs is 2. The number of carbonyl (C=O) groups is 1. The Morgan fingerprint density at radius 1 is 1.26 bits per heavy atom. The summed E-state index contributed by atoms with van der Waals surface area (Å²) in [7, 11) is 3.46. The normalized spacial score (nSPS) is 28.7. The van der Waals surface area contributed by atoms with Gasteiger partial charge in [0, 0.05) is 13.1 Å². The van der Waals surface area contributed by atoms with Crippen LogP contribution in [0, 0.1) is 17.8 Å². The largest absolute Gasteiger partial charge is 0.493 e. The Morgan fingerprint density at radius 2 is 1.96 bits per heavy atom. The van der Waals surface area contributed by atoms with Gasteiger partial charge in [0.25, 0.3) is 0 Å². The number of likely N-dealkylation sites (N-methyl/N-ethyl adjacent to an activating group) is 1. The lowest BCUT2D eigenvalue weighted by Crippen LogP contribution is -2.46. The Balaban J connectivity index is 1.51. The second kappa shape index (κ2) is 6.79. The van der Waals surface area contributed by atoms with Crippen LogP contribution in [-0.4, -0.2) is 44.2 Å². The van der Waals surface area contributed by atoms with Gasteiger partial charge in [-0.1, -0.05) is 12.1 Å². The van der Waals surface area contributed by atoms with Crippen LogP contribution < -0.4 is 15.2 Å². The van der Waals surface area contributed by atoms with Crippen molar-refractivity contribution in [2.45, 2.75) is 25.3 Å². The lowest BCUT2D eigenvalue weighted by Gasteiger charge is -2.30. The van der Waals surface area contributed by atoms with Crippen LogP contribution in [0.1, 0.15) is 19.3 Å². The lowest BCUT2D eigenvalue weighted by molar-refractivity contribution is -0.136. The van der Waals surface area contributed by atoms with Crippen molar-refractivity contribution in [1.29, 1.82) is 0 Å². The highest BCUT2D eigenvalue weighted by molar-refractivity contribution is 5.80. The fourth-order valence-corrected chi connectivity index (χ4v) is 4.10. The number of hydrogen-bond donors (Lipinski definition) is 1. The zero-order valence-electron chi connectivity index (χ0n) is 13.9. The van der Waals surface area contributed by atoms with E-state index >= 15 is 0 Å². The second-order valence-corrected chi connectivity index (χ2v) is 6.70. The molecule has 0 radical (unpaired) electrons. The molecular formula is C18H26N2O3. The van der Waals surface area contributed by atoms with Crippen LogP contribution in [-0.2, 0) is 4.79 Å². The fourth-order valence-electron chi connectivity index (χ4n) is 4.10. The topological polar surface area (TPSA) is 64.8 Å². The van der Waals surface area contributed by atoms with Crippen LogP contribution >= 0.6 is 0 Å². The molecule has 1 aromatic rings. The van der Waals surface area contributed by atoms with Crippen LogP contribution in [0.2, 0.25) is 0 Å².